The van der Waals surface area contributed by atoms with Crippen LogP contribution in [0.2, 0.25) is 5.02 Å². The smallest absolute Gasteiger partial charge is 0.251 e. The fraction of sp³-hybridized carbons (Fsp3) is 0.0556. The van der Waals surface area contributed by atoms with E-state index in [4.69, 9.17) is 17.3 Å². The number of nitrogens with two attached hydrogens (primary N) is 1. The summed E-state index contributed by atoms with van der Waals surface area (Å²) in [5.41, 5.74) is 8.79. The number of benzene rings is 2. The van der Waals surface area contributed by atoms with E-state index in [0.717, 1.165) is 11.1 Å². The van der Waals surface area contributed by atoms with Crippen LogP contribution in [0.3, 0.4) is 0 Å². The van der Waals surface area contributed by atoms with E-state index in [2.05, 4.69) is 4.98 Å². The minimum Gasteiger partial charge on any atom is -0.399 e. The topological polar surface area (TPSA) is 58.9 Å². The molecule has 24 heavy (non-hydrogen) atoms. The lowest BCUT2D eigenvalue weighted by atomic mass is 10.0. The first kappa shape index (κ1) is 18.0. The van der Waals surface area contributed by atoms with E-state index in [1.165, 1.54) is 6.07 Å². The first-order valence-corrected chi connectivity index (χ1v) is 7.42. The Labute approximate surface area is 149 Å². The Balaban J connectivity index is 0.00000208. The largest absolute Gasteiger partial charge is 0.399 e. The third-order valence-electron chi connectivity index (χ3n) is 3.62. The Kier molecular flexibility index (Phi) is 5.65. The highest BCUT2D eigenvalue weighted by molar-refractivity contribution is 6.30. The number of rotatable bonds is 3. The zero-order chi connectivity index (χ0) is 16.4. The van der Waals surface area contributed by atoms with E-state index in [1.807, 2.05) is 12.1 Å². The molecule has 0 aliphatic heterocycles. The van der Waals surface area contributed by atoms with Gasteiger partial charge >= 0.3 is 0 Å². The van der Waals surface area contributed by atoms with Crippen LogP contribution in [-0.2, 0) is 6.42 Å². The van der Waals surface area contributed by atoms with E-state index in [9.17, 15) is 9.18 Å². The van der Waals surface area contributed by atoms with Gasteiger partial charge < -0.3 is 10.7 Å². The number of nitrogen functional groups attached to an aromatic ring is 1. The van der Waals surface area contributed by atoms with Gasteiger partial charge in [-0.3, -0.25) is 4.79 Å². The van der Waals surface area contributed by atoms with Crippen LogP contribution in [0.15, 0.2) is 59.5 Å². The molecule has 0 spiro atoms. The van der Waals surface area contributed by atoms with Gasteiger partial charge in [-0.1, -0.05) is 29.8 Å². The number of nitrogens with one attached hydrogen (secondary N) is 1. The molecule has 1 heterocycles. The average molecular weight is 365 g/mol. The monoisotopic (exact) mass is 364 g/mol. The molecular weight excluding hydrogens is 350 g/mol. The molecule has 3 N–H and O–H groups in total. The first-order chi connectivity index (χ1) is 11.0. The van der Waals surface area contributed by atoms with Crippen LogP contribution in [-0.4, -0.2) is 4.98 Å². The Hall–Kier alpha value is -2.30. The Morgan fingerprint density at radius 1 is 1.00 bits per heavy atom. The quantitative estimate of drug-likeness (QED) is 0.675. The lowest BCUT2D eigenvalue weighted by Crippen LogP contribution is -2.13. The summed E-state index contributed by atoms with van der Waals surface area (Å²) >= 11 is 5.75. The van der Waals surface area contributed by atoms with Gasteiger partial charge in [0.15, 0.2) is 0 Å². The number of hydrogen-bond acceptors (Lipinski definition) is 2. The first-order valence-electron chi connectivity index (χ1n) is 7.04. The number of halogens is 3. The maximum absolute atomic E-state index is 13.9. The molecule has 0 bridgehead atoms. The molecule has 0 aliphatic carbocycles. The highest BCUT2D eigenvalue weighted by Gasteiger charge is 2.09. The average Bonchev–Trinajstić information content (AvgIpc) is 2.53. The van der Waals surface area contributed by atoms with Gasteiger partial charge in [0.05, 0.1) is 0 Å². The molecule has 0 unspecified atom stereocenters. The molecule has 1 aromatic heterocycles. The van der Waals surface area contributed by atoms with Gasteiger partial charge in [0, 0.05) is 28.9 Å². The third-order valence-corrected chi connectivity index (χ3v) is 3.86. The van der Waals surface area contributed by atoms with E-state index in [1.54, 1.807) is 36.5 Å². The lowest BCUT2D eigenvalue weighted by molar-refractivity contribution is 0.614. The predicted molar refractivity (Wildman–Crippen MR) is 98.4 cm³/mol. The highest BCUT2D eigenvalue weighted by Crippen LogP contribution is 2.22. The van der Waals surface area contributed by atoms with E-state index < -0.39 is 5.82 Å². The second-order valence-corrected chi connectivity index (χ2v) is 5.71. The minimum atomic E-state index is -0.421. The van der Waals surface area contributed by atoms with Crippen molar-refractivity contribution in [1.29, 1.82) is 0 Å². The van der Waals surface area contributed by atoms with Crippen LogP contribution in [0, 0.1) is 5.82 Å². The fourth-order valence-electron chi connectivity index (χ4n) is 2.37. The number of aromatic amines is 1. The number of hydrogen-bond donors (Lipinski definition) is 2. The van der Waals surface area contributed by atoms with Crippen molar-refractivity contribution in [3.63, 3.8) is 0 Å². The number of pyridine rings is 1. The molecular formula is C18H15Cl2FN2O. The summed E-state index contributed by atoms with van der Waals surface area (Å²) in [5, 5.41) is 0.329. The third kappa shape index (κ3) is 3.96. The van der Waals surface area contributed by atoms with Crippen molar-refractivity contribution in [2.75, 3.05) is 5.73 Å². The molecule has 3 rings (SSSR count). The molecule has 124 valence electrons. The summed E-state index contributed by atoms with van der Waals surface area (Å²) in [6.07, 6.45) is 1.83. The number of anilines is 1. The molecule has 0 saturated carbocycles. The Morgan fingerprint density at radius 2 is 1.71 bits per heavy atom. The summed E-state index contributed by atoms with van der Waals surface area (Å²) in [6, 6.07) is 13.5. The molecule has 0 amide bonds. The number of H-pyrrole nitrogens is 1. The van der Waals surface area contributed by atoms with Gasteiger partial charge in [0.25, 0.3) is 5.56 Å². The highest BCUT2D eigenvalue weighted by atomic mass is 35.5. The van der Waals surface area contributed by atoms with Gasteiger partial charge in [-0.05, 0) is 47.0 Å². The summed E-state index contributed by atoms with van der Waals surface area (Å²) < 4.78 is 13.9. The normalized spacial score (nSPS) is 10.2. The van der Waals surface area contributed by atoms with Crippen LogP contribution in [0.5, 0.6) is 0 Å². The van der Waals surface area contributed by atoms with E-state index in [0.29, 0.717) is 21.8 Å². The molecule has 3 aromatic rings. The molecule has 0 aliphatic rings. The second-order valence-electron chi connectivity index (χ2n) is 5.28. The Morgan fingerprint density at radius 3 is 2.38 bits per heavy atom. The zero-order valence-electron chi connectivity index (χ0n) is 12.6. The fourth-order valence-corrected chi connectivity index (χ4v) is 2.53. The van der Waals surface area contributed by atoms with Crippen molar-refractivity contribution in [3.8, 4) is 11.1 Å². The predicted octanol–water partition coefficient (Wildman–Crippen LogP) is 4.43. The van der Waals surface area contributed by atoms with Crippen LogP contribution in [0.1, 0.15) is 11.1 Å². The zero-order valence-corrected chi connectivity index (χ0v) is 14.1. The van der Waals surface area contributed by atoms with Gasteiger partial charge in [-0.15, -0.1) is 12.4 Å². The maximum atomic E-state index is 13.9. The maximum Gasteiger partial charge on any atom is 0.251 e. The SMILES string of the molecule is Cl.Nc1ccc(-c2c[nH]c(=O)c(Cc3ccc(Cl)cc3F)c2)cc1. The Bertz CT molecular complexity index is 908. The van der Waals surface area contributed by atoms with Crippen molar-refractivity contribution in [1.82, 2.24) is 4.98 Å². The van der Waals surface area contributed by atoms with E-state index >= 15 is 0 Å². The van der Waals surface area contributed by atoms with Crippen LogP contribution < -0.4 is 11.3 Å². The molecule has 2 aromatic carbocycles. The summed E-state index contributed by atoms with van der Waals surface area (Å²) in [4.78, 5) is 14.7. The van der Waals surface area contributed by atoms with Gasteiger partial charge in [-0.2, -0.15) is 0 Å². The van der Waals surface area contributed by atoms with Gasteiger partial charge in [-0.25, -0.2) is 4.39 Å². The van der Waals surface area contributed by atoms with Crippen molar-refractivity contribution in [2.24, 2.45) is 0 Å². The standard InChI is InChI=1S/C18H14ClFN2O.ClH/c19-15-4-1-12(17(20)9-15)7-13-8-14(10-22-18(13)23)11-2-5-16(21)6-3-11;/h1-6,8-10H,7,21H2,(H,22,23);1H. The molecule has 0 radical (unpaired) electrons. The summed E-state index contributed by atoms with van der Waals surface area (Å²) in [6.45, 7) is 0. The van der Waals surface area contributed by atoms with Gasteiger partial charge in [0.1, 0.15) is 5.82 Å². The lowest BCUT2D eigenvalue weighted by Gasteiger charge is -2.07. The molecule has 6 heteroatoms. The summed E-state index contributed by atoms with van der Waals surface area (Å²) in [5.74, 6) is -0.421. The molecule has 0 fully saturated rings. The van der Waals surface area contributed by atoms with Crippen LogP contribution in [0.4, 0.5) is 10.1 Å². The van der Waals surface area contributed by atoms with Crippen LogP contribution >= 0.6 is 24.0 Å². The molecule has 0 saturated heterocycles. The minimum absolute atomic E-state index is 0. The molecule has 0 atom stereocenters. The van der Waals surface area contributed by atoms with Crippen molar-refractivity contribution in [2.45, 2.75) is 6.42 Å². The molecule has 3 nitrogen and oxygen atoms in total. The van der Waals surface area contributed by atoms with Crippen molar-refractivity contribution in [3.05, 3.63) is 87.0 Å². The summed E-state index contributed by atoms with van der Waals surface area (Å²) in [7, 11) is 0. The van der Waals surface area contributed by atoms with Crippen LogP contribution in [0.25, 0.3) is 11.1 Å². The second kappa shape index (κ2) is 7.51. The van der Waals surface area contributed by atoms with Gasteiger partial charge in [0.2, 0.25) is 0 Å². The number of aromatic nitrogens is 1. The van der Waals surface area contributed by atoms with Crippen molar-refractivity contribution < 1.29 is 4.39 Å². The van der Waals surface area contributed by atoms with Crippen molar-refractivity contribution >= 4 is 29.7 Å². The van der Waals surface area contributed by atoms with E-state index in [-0.39, 0.29) is 24.4 Å².